The summed E-state index contributed by atoms with van der Waals surface area (Å²) >= 11 is 1.46. The van der Waals surface area contributed by atoms with E-state index in [1.807, 2.05) is 84.0 Å². The maximum Gasteiger partial charge on any atom is 0.283 e. The van der Waals surface area contributed by atoms with E-state index in [4.69, 9.17) is 4.98 Å². The third kappa shape index (κ3) is 3.52. The van der Waals surface area contributed by atoms with E-state index >= 15 is 0 Å². The van der Waals surface area contributed by atoms with Gasteiger partial charge in [-0.25, -0.2) is 9.97 Å². The number of aromatic nitrogens is 6. The Morgan fingerprint density at radius 1 is 0.971 bits per heavy atom. The van der Waals surface area contributed by atoms with E-state index in [9.17, 15) is 9.59 Å². The van der Waals surface area contributed by atoms with Gasteiger partial charge >= 0.3 is 0 Å². The number of hydrogen-bond donors (Lipinski definition) is 0. The van der Waals surface area contributed by atoms with Crippen LogP contribution >= 0.6 is 11.3 Å². The van der Waals surface area contributed by atoms with Gasteiger partial charge in [0.05, 0.1) is 34.2 Å². The van der Waals surface area contributed by atoms with Gasteiger partial charge in [0.15, 0.2) is 0 Å². The lowest BCUT2D eigenvalue weighted by molar-refractivity contribution is 0.610. The number of hydrogen-bond acceptors (Lipinski definition) is 5. The number of aryl methyl sites for hydroxylation is 2. The molecule has 0 spiro atoms. The van der Waals surface area contributed by atoms with E-state index in [-0.39, 0.29) is 17.7 Å². The fourth-order valence-corrected chi connectivity index (χ4v) is 5.46. The van der Waals surface area contributed by atoms with Gasteiger partial charge in [-0.3, -0.25) is 14.3 Å². The van der Waals surface area contributed by atoms with Gasteiger partial charge in [-0.05, 0) is 24.6 Å². The Balaban J connectivity index is 1.63. The SMILES string of the molecule is Cc1c2c(=O)n(-c3nc4ccccc4s3)n(Cc3ccccc3)c2cc(=O)n1Cc1nccn1C. The second kappa shape index (κ2) is 8.21. The van der Waals surface area contributed by atoms with Gasteiger partial charge < -0.3 is 9.13 Å². The van der Waals surface area contributed by atoms with Gasteiger partial charge in [-0.1, -0.05) is 53.8 Å². The number of imidazole rings is 1. The minimum Gasteiger partial charge on any atom is -0.337 e. The highest BCUT2D eigenvalue weighted by molar-refractivity contribution is 7.20. The number of benzene rings is 2. The number of para-hydroxylation sites is 1. The zero-order chi connectivity index (χ0) is 24.1. The second-order valence-electron chi connectivity index (χ2n) is 8.49. The minimum absolute atomic E-state index is 0.179. The summed E-state index contributed by atoms with van der Waals surface area (Å²) in [7, 11) is 1.89. The molecule has 0 aliphatic rings. The third-order valence-electron chi connectivity index (χ3n) is 6.33. The molecule has 9 heteroatoms. The topological polar surface area (TPSA) is 79.6 Å². The number of nitrogens with zero attached hydrogens (tertiary/aromatic N) is 6. The van der Waals surface area contributed by atoms with Crippen molar-refractivity contribution in [1.29, 1.82) is 0 Å². The molecule has 4 heterocycles. The first-order chi connectivity index (χ1) is 17.0. The predicted molar refractivity (Wildman–Crippen MR) is 138 cm³/mol. The number of rotatable bonds is 5. The van der Waals surface area contributed by atoms with E-state index < -0.39 is 0 Å². The molecule has 6 rings (SSSR count). The zero-order valence-corrected chi connectivity index (χ0v) is 20.1. The third-order valence-corrected chi connectivity index (χ3v) is 7.35. The molecule has 0 saturated carbocycles. The van der Waals surface area contributed by atoms with Gasteiger partial charge in [-0.2, -0.15) is 4.68 Å². The van der Waals surface area contributed by atoms with Crippen molar-refractivity contribution in [3.63, 3.8) is 0 Å². The molecule has 0 fully saturated rings. The van der Waals surface area contributed by atoms with Crippen molar-refractivity contribution in [1.82, 2.24) is 28.5 Å². The lowest BCUT2D eigenvalue weighted by Gasteiger charge is -2.12. The Kier molecular flexibility index (Phi) is 5.00. The van der Waals surface area contributed by atoms with E-state index in [2.05, 4.69) is 4.98 Å². The molecule has 0 N–H and O–H groups in total. The van der Waals surface area contributed by atoms with Gasteiger partial charge in [-0.15, -0.1) is 0 Å². The maximum atomic E-state index is 13.9. The van der Waals surface area contributed by atoms with Crippen LogP contribution in [0.15, 0.2) is 82.6 Å². The van der Waals surface area contributed by atoms with E-state index in [1.165, 1.54) is 11.3 Å². The molecule has 0 saturated heterocycles. The van der Waals surface area contributed by atoms with Crippen molar-refractivity contribution in [3.8, 4) is 5.13 Å². The van der Waals surface area contributed by atoms with Crippen molar-refractivity contribution in [2.24, 2.45) is 7.05 Å². The van der Waals surface area contributed by atoms with E-state index in [1.54, 1.807) is 21.5 Å². The standard InChI is InChI=1S/C26H22N6O2S/c1-17-24-20(14-23(33)30(17)16-22-27-12-13-29(22)2)31(15-18-8-4-3-5-9-18)32(25(24)34)26-28-19-10-6-7-11-21(19)35-26/h3-14H,15-16H2,1-2H3. The lowest BCUT2D eigenvalue weighted by atomic mass is 10.2. The van der Waals surface area contributed by atoms with Crippen molar-refractivity contribution >= 4 is 32.5 Å². The molecule has 0 bridgehead atoms. The van der Waals surface area contributed by atoms with Crippen LogP contribution in [0.3, 0.4) is 0 Å². The summed E-state index contributed by atoms with van der Waals surface area (Å²) in [6.45, 7) is 2.54. The summed E-state index contributed by atoms with van der Waals surface area (Å²) in [5.41, 5.74) is 2.69. The highest BCUT2D eigenvalue weighted by atomic mass is 32.1. The number of pyridine rings is 1. The molecule has 8 nitrogen and oxygen atoms in total. The van der Waals surface area contributed by atoms with Crippen LogP contribution in [0.25, 0.3) is 26.3 Å². The molecule has 0 atom stereocenters. The normalized spacial score (nSPS) is 11.6. The van der Waals surface area contributed by atoms with Crippen LogP contribution in [0.5, 0.6) is 0 Å². The fraction of sp³-hybridized carbons (Fsp3) is 0.154. The largest absolute Gasteiger partial charge is 0.337 e. The van der Waals surface area contributed by atoms with Crippen LogP contribution in [-0.4, -0.2) is 28.5 Å². The minimum atomic E-state index is -0.193. The van der Waals surface area contributed by atoms with Gasteiger partial charge in [0.25, 0.3) is 11.1 Å². The predicted octanol–water partition coefficient (Wildman–Crippen LogP) is 3.70. The summed E-state index contributed by atoms with van der Waals surface area (Å²) < 4.78 is 7.96. The second-order valence-corrected chi connectivity index (χ2v) is 9.50. The molecule has 174 valence electrons. The molecular weight excluding hydrogens is 460 g/mol. The molecule has 6 aromatic rings. The van der Waals surface area contributed by atoms with E-state index in [0.29, 0.717) is 28.3 Å². The summed E-state index contributed by atoms with van der Waals surface area (Å²) in [6.07, 6.45) is 3.54. The molecule has 0 aliphatic heterocycles. The van der Waals surface area contributed by atoms with Crippen molar-refractivity contribution in [2.75, 3.05) is 0 Å². The molecule has 0 amide bonds. The fourth-order valence-electron chi connectivity index (χ4n) is 4.48. The zero-order valence-electron chi connectivity index (χ0n) is 19.3. The average molecular weight is 483 g/mol. The molecule has 35 heavy (non-hydrogen) atoms. The Morgan fingerprint density at radius 2 is 1.74 bits per heavy atom. The Hall–Kier alpha value is -4.24. The first-order valence-corrected chi connectivity index (χ1v) is 12.0. The first-order valence-electron chi connectivity index (χ1n) is 11.2. The van der Waals surface area contributed by atoms with Gasteiger partial charge in [0.2, 0.25) is 5.13 Å². The smallest absolute Gasteiger partial charge is 0.283 e. The average Bonchev–Trinajstić information content (AvgIpc) is 3.53. The summed E-state index contributed by atoms with van der Waals surface area (Å²) in [5, 5.41) is 1.08. The summed E-state index contributed by atoms with van der Waals surface area (Å²) in [6, 6.07) is 19.3. The first kappa shape index (κ1) is 21.3. The van der Waals surface area contributed by atoms with Gasteiger partial charge in [0.1, 0.15) is 5.82 Å². The number of thiazole rings is 1. The molecule has 0 aliphatic carbocycles. The summed E-state index contributed by atoms with van der Waals surface area (Å²) in [4.78, 5) is 36.3. The Labute approximate surface area is 203 Å². The van der Waals surface area contributed by atoms with Crippen molar-refractivity contribution in [2.45, 2.75) is 20.0 Å². The molecule has 2 aromatic carbocycles. The highest BCUT2D eigenvalue weighted by Crippen LogP contribution is 2.26. The van der Waals surface area contributed by atoms with Crippen molar-refractivity contribution in [3.05, 3.63) is 111 Å². The van der Waals surface area contributed by atoms with Crippen LogP contribution in [0.4, 0.5) is 0 Å². The Morgan fingerprint density at radius 3 is 2.49 bits per heavy atom. The Bertz CT molecular complexity index is 1790. The van der Waals surface area contributed by atoms with E-state index in [0.717, 1.165) is 21.6 Å². The van der Waals surface area contributed by atoms with Crippen molar-refractivity contribution < 1.29 is 0 Å². The van der Waals surface area contributed by atoms with Crippen LogP contribution in [-0.2, 0) is 20.1 Å². The van der Waals surface area contributed by atoms with Crippen LogP contribution in [0.2, 0.25) is 0 Å². The van der Waals surface area contributed by atoms with Crippen LogP contribution < -0.4 is 11.1 Å². The van der Waals surface area contributed by atoms with Crippen LogP contribution in [0.1, 0.15) is 17.1 Å². The molecule has 4 aromatic heterocycles. The van der Waals surface area contributed by atoms with Crippen LogP contribution in [0, 0.1) is 6.92 Å². The van der Waals surface area contributed by atoms with Gasteiger partial charge in [0, 0.05) is 31.2 Å². The summed E-state index contributed by atoms with van der Waals surface area (Å²) in [5.74, 6) is 0.741. The highest BCUT2D eigenvalue weighted by Gasteiger charge is 2.22. The lowest BCUT2D eigenvalue weighted by Crippen LogP contribution is -2.25. The quantitative estimate of drug-likeness (QED) is 0.375. The monoisotopic (exact) mass is 482 g/mol. The number of fused-ring (bicyclic) bond motifs is 2. The molecule has 0 unspecified atom stereocenters. The molecular formula is C26H22N6O2S. The maximum absolute atomic E-state index is 13.9. The molecule has 0 radical (unpaired) electrons.